The summed E-state index contributed by atoms with van der Waals surface area (Å²) in [4.78, 5) is 26.3. The van der Waals surface area contributed by atoms with Crippen molar-refractivity contribution in [1.82, 2.24) is 5.32 Å². The summed E-state index contributed by atoms with van der Waals surface area (Å²) in [6.07, 6.45) is 68.2. The van der Waals surface area contributed by atoms with E-state index >= 15 is 0 Å². The van der Waals surface area contributed by atoms with Crippen LogP contribution in [0.5, 0.6) is 0 Å². The number of hydrogen-bond acceptors (Lipinski definition) is 5. The molecule has 0 aliphatic rings. The van der Waals surface area contributed by atoms with E-state index in [2.05, 4.69) is 50.4 Å². The molecule has 0 aromatic carbocycles. The topological polar surface area (TPSA) is 95.9 Å². The van der Waals surface area contributed by atoms with Gasteiger partial charge in [0.1, 0.15) is 6.10 Å². The zero-order chi connectivity index (χ0) is 50.2. The van der Waals surface area contributed by atoms with E-state index in [9.17, 15) is 19.8 Å². The van der Waals surface area contributed by atoms with E-state index in [1.54, 1.807) is 0 Å². The minimum absolute atomic E-state index is 0.0763. The van der Waals surface area contributed by atoms with Crippen LogP contribution in [0.1, 0.15) is 342 Å². The predicted octanol–water partition coefficient (Wildman–Crippen LogP) is 19.4. The van der Waals surface area contributed by atoms with Crippen molar-refractivity contribution in [1.29, 1.82) is 0 Å². The first-order valence-electron chi connectivity index (χ1n) is 31.1. The first kappa shape index (κ1) is 67.3. The molecule has 6 nitrogen and oxygen atoms in total. The fraction of sp³-hybridized carbons (Fsp3) is 0.905. The van der Waals surface area contributed by atoms with Crippen molar-refractivity contribution in [3.63, 3.8) is 0 Å². The summed E-state index contributed by atoms with van der Waals surface area (Å²) in [6, 6.07) is -0.702. The standard InChI is InChI=1S/C63H121NO5/c1-4-7-10-13-16-19-22-25-28-31-33-36-39-42-45-48-51-54-59(69-63(68)56-53-50-47-44-41-38-35-30-27-24-21-18-15-12-9-6-3)57-62(67)64-60(58-65)61(66)55-52-49-46-43-40-37-34-32-29-26-23-20-17-14-11-8-5-2/h25,28,30,35,59-61,65-66H,4-24,26-27,29,31-34,36-58H2,1-3H3,(H,64,67)/b28-25+,35-30+. The van der Waals surface area contributed by atoms with Crippen molar-refractivity contribution >= 4 is 11.9 Å². The molecule has 0 spiro atoms. The minimum Gasteiger partial charge on any atom is -0.462 e. The molecule has 0 bridgehead atoms. The number of aliphatic hydroxyl groups is 2. The summed E-state index contributed by atoms with van der Waals surface area (Å²) in [6.45, 7) is 6.53. The SMILES string of the molecule is CCCCCCCC/C=C/CCCCCCCCCC(CC(=O)NC(CO)C(O)CCCCCCCCCCCCCCCCCCC)OC(=O)CCCCCCC/C=C/CCCCCCCCC. The highest BCUT2D eigenvalue weighted by Gasteiger charge is 2.24. The van der Waals surface area contributed by atoms with Crippen LogP contribution in [0, 0.1) is 0 Å². The molecule has 0 heterocycles. The molecular formula is C63H121NO5. The van der Waals surface area contributed by atoms with Crippen LogP contribution in [-0.2, 0) is 14.3 Å². The molecule has 0 rings (SSSR count). The summed E-state index contributed by atoms with van der Waals surface area (Å²) in [5, 5.41) is 24.0. The molecule has 3 N–H and O–H groups in total. The van der Waals surface area contributed by atoms with E-state index in [0.29, 0.717) is 19.3 Å². The zero-order valence-corrected chi connectivity index (χ0v) is 46.7. The molecule has 408 valence electrons. The summed E-state index contributed by atoms with van der Waals surface area (Å²) in [5.74, 6) is -0.467. The fourth-order valence-electron chi connectivity index (χ4n) is 9.78. The quantitative estimate of drug-likeness (QED) is 0.0321. The van der Waals surface area contributed by atoms with E-state index in [0.717, 1.165) is 57.8 Å². The number of nitrogens with one attached hydrogen (secondary N) is 1. The number of esters is 1. The maximum Gasteiger partial charge on any atom is 0.306 e. The monoisotopic (exact) mass is 972 g/mol. The van der Waals surface area contributed by atoms with Gasteiger partial charge < -0.3 is 20.3 Å². The third-order valence-electron chi connectivity index (χ3n) is 14.5. The number of unbranched alkanes of at least 4 members (excludes halogenated alkanes) is 41. The summed E-state index contributed by atoms with van der Waals surface area (Å²) in [5.41, 5.74) is 0. The number of hydrogen-bond donors (Lipinski definition) is 3. The van der Waals surface area contributed by atoms with Crippen molar-refractivity contribution in [3.05, 3.63) is 24.3 Å². The molecule has 3 atom stereocenters. The van der Waals surface area contributed by atoms with Gasteiger partial charge in [-0.1, -0.05) is 276 Å². The Kier molecular flexibility index (Phi) is 55.9. The Morgan fingerprint density at radius 1 is 0.406 bits per heavy atom. The van der Waals surface area contributed by atoms with Gasteiger partial charge in [0.2, 0.25) is 5.91 Å². The van der Waals surface area contributed by atoms with Gasteiger partial charge in [0.15, 0.2) is 0 Å². The molecule has 0 aromatic rings. The van der Waals surface area contributed by atoms with Gasteiger partial charge in [0, 0.05) is 6.42 Å². The molecular weight excluding hydrogens is 851 g/mol. The van der Waals surface area contributed by atoms with E-state index in [1.165, 1.54) is 238 Å². The number of carbonyl (C=O) groups excluding carboxylic acids is 2. The van der Waals surface area contributed by atoms with Crippen LogP contribution in [0.3, 0.4) is 0 Å². The number of allylic oxidation sites excluding steroid dienone is 4. The largest absolute Gasteiger partial charge is 0.462 e. The lowest BCUT2D eigenvalue weighted by atomic mass is 10.0. The number of carbonyl (C=O) groups is 2. The smallest absolute Gasteiger partial charge is 0.306 e. The van der Waals surface area contributed by atoms with Crippen LogP contribution >= 0.6 is 0 Å². The van der Waals surface area contributed by atoms with E-state index < -0.39 is 18.2 Å². The molecule has 69 heavy (non-hydrogen) atoms. The van der Waals surface area contributed by atoms with Gasteiger partial charge >= 0.3 is 5.97 Å². The fourth-order valence-corrected chi connectivity index (χ4v) is 9.78. The Balaban J connectivity index is 4.52. The Labute approximate surface area is 431 Å². The molecule has 0 fully saturated rings. The number of amides is 1. The highest BCUT2D eigenvalue weighted by atomic mass is 16.5. The van der Waals surface area contributed by atoms with Crippen LogP contribution in [0.4, 0.5) is 0 Å². The first-order valence-corrected chi connectivity index (χ1v) is 31.1. The molecule has 3 unspecified atom stereocenters. The van der Waals surface area contributed by atoms with E-state index in [4.69, 9.17) is 4.74 Å². The van der Waals surface area contributed by atoms with Gasteiger partial charge in [-0.15, -0.1) is 0 Å². The second kappa shape index (κ2) is 57.2. The Morgan fingerprint density at radius 2 is 0.696 bits per heavy atom. The van der Waals surface area contributed by atoms with Gasteiger partial charge in [0.05, 0.1) is 25.2 Å². The van der Waals surface area contributed by atoms with Crippen LogP contribution in [0.15, 0.2) is 24.3 Å². The molecule has 1 amide bonds. The Hall–Kier alpha value is -1.66. The lowest BCUT2D eigenvalue weighted by Crippen LogP contribution is -2.46. The molecule has 0 aliphatic heterocycles. The zero-order valence-electron chi connectivity index (χ0n) is 46.7. The van der Waals surface area contributed by atoms with Crippen molar-refractivity contribution in [2.24, 2.45) is 0 Å². The maximum absolute atomic E-state index is 13.3. The van der Waals surface area contributed by atoms with E-state index in [-0.39, 0.29) is 24.9 Å². The van der Waals surface area contributed by atoms with Crippen LogP contribution in [0.2, 0.25) is 0 Å². The van der Waals surface area contributed by atoms with Crippen LogP contribution in [-0.4, -0.2) is 46.9 Å². The molecule has 0 radical (unpaired) electrons. The number of aliphatic hydroxyl groups excluding tert-OH is 2. The van der Waals surface area contributed by atoms with Crippen LogP contribution < -0.4 is 5.32 Å². The maximum atomic E-state index is 13.3. The van der Waals surface area contributed by atoms with Crippen molar-refractivity contribution in [2.45, 2.75) is 360 Å². The predicted molar refractivity (Wildman–Crippen MR) is 301 cm³/mol. The van der Waals surface area contributed by atoms with Gasteiger partial charge in [-0.2, -0.15) is 0 Å². The van der Waals surface area contributed by atoms with Crippen molar-refractivity contribution in [3.8, 4) is 0 Å². The summed E-state index contributed by atoms with van der Waals surface area (Å²) in [7, 11) is 0. The lowest BCUT2D eigenvalue weighted by molar-refractivity contribution is -0.151. The molecule has 0 saturated carbocycles. The molecule has 6 heteroatoms. The third-order valence-corrected chi connectivity index (χ3v) is 14.5. The second-order valence-electron chi connectivity index (χ2n) is 21.5. The minimum atomic E-state index is -0.789. The van der Waals surface area contributed by atoms with Crippen molar-refractivity contribution < 1.29 is 24.5 Å². The molecule has 0 aliphatic carbocycles. The highest BCUT2D eigenvalue weighted by Crippen LogP contribution is 2.19. The van der Waals surface area contributed by atoms with Crippen molar-refractivity contribution in [2.75, 3.05) is 6.61 Å². The summed E-state index contributed by atoms with van der Waals surface area (Å²) < 4.78 is 5.98. The van der Waals surface area contributed by atoms with Gasteiger partial charge in [-0.05, 0) is 77.0 Å². The van der Waals surface area contributed by atoms with Crippen LogP contribution in [0.25, 0.3) is 0 Å². The molecule has 0 aromatic heterocycles. The van der Waals surface area contributed by atoms with Gasteiger partial charge in [-0.3, -0.25) is 9.59 Å². The third kappa shape index (κ3) is 52.5. The second-order valence-corrected chi connectivity index (χ2v) is 21.5. The number of rotatable bonds is 57. The van der Waals surface area contributed by atoms with Gasteiger partial charge in [0.25, 0.3) is 0 Å². The summed E-state index contributed by atoms with van der Waals surface area (Å²) >= 11 is 0. The van der Waals surface area contributed by atoms with E-state index in [1.807, 2.05) is 0 Å². The average molecular weight is 973 g/mol. The van der Waals surface area contributed by atoms with Gasteiger partial charge in [-0.25, -0.2) is 0 Å². The molecule has 0 saturated heterocycles. The lowest BCUT2D eigenvalue weighted by Gasteiger charge is -2.24. The first-order chi connectivity index (χ1) is 34.0. The normalized spacial score (nSPS) is 13.2. The average Bonchev–Trinajstić information content (AvgIpc) is 3.34. The Bertz CT molecular complexity index is 1090. The highest BCUT2D eigenvalue weighted by molar-refractivity contribution is 5.77. The number of ether oxygens (including phenoxy) is 1. The Morgan fingerprint density at radius 3 is 1.03 bits per heavy atom.